The summed E-state index contributed by atoms with van der Waals surface area (Å²) in [6.07, 6.45) is 1.47. The quantitative estimate of drug-likeness (QED) is 0.830. The fourth-order valence-corrected chi connectivity index (χ4v) is 2.20. The third-order valence-electron chi connectivity index (χ3n) is 3.53. The Kier molecular flexibility index (Phi) is 5.84. The zero-order valence-electron chi connectivity index (χ0n) is 13.6. The van der Waals surface area contributed by atoms with E-state index in [1.807, 2.05) is 6.07 Å². The van der Waals surface area contributed by atoms with Gasteiger partial charge in [-0.1, -0.05) is 24.3 Å². The molecular weight excluding hydrogens is 307 g/mol. The summed E-state index contributed by atoms with van der Waals surface area (Å²) in [6.45, 7) is 2.11. The molecule has 2 aromatic rings. The van der Waals surface area contributed by atoms with Gasteiger partial charge in [0.25, 0.3) is 5.91 Å². The van der Waals surface area contributed by atoms with Gasteiger partial charge in [0.05, 0.1) is 0 Å². The fourth-order valence-electron chi connectivity index (χ4n) is 2.20. The summed E-state index contributed by atoms with van der Waals surface area (Å²) in [5.74, 6) is -0.732. The van der Waals surface area contributed by atoms with Gasteiger partial charge in [0.15, 0.2) is 0 Å². The Morgan fingerprint density at radius 1 is 1.08 bits per heavy atom. The minimum absolute atomic E-state index is 0.171. The molecule has 0 unspecified atom stereocenters. The number of carbonyl (C=O) groups excluding carboxylic acids is 2. The van der Waals surface area contributed by atoms with Crippen LogP contribution in [0.4, 0.5) is 4.39 Å². The summed E-state index contributed by atoms with van der Waals surface area (Å²) < 4.78 is 12.9. The third-order valence-corrected chi connectivity index (χ3v) is 3.53. The van der Waals surface area contributed by atoms with Crippen LogP contribution in [0, 0.1) is 5.82 Å². The van der Waals surface area contributed by atoms with Gasteiger partial charge in [-0.05, 0) is 47.9 Å². The van der Waals surface area contributed by atoms with E-state index in [1.54, 1.807) is 44.3 Å². The first-order valence-electron chi connectivity index (χ1n) is 7.52. The number of carbonyl (C=O) groups is 2. The van der Waals surface area contributed by atoms with Crippen molar-refractivity contribution in [2.75, 3.05) is 7.05 Å². The van der Waals surface area contributed by atoms with Gasteiger partial charge in [-0.2, -0.15) is 0 Å². The van der Waals surface area contributed by atoms with Crippen molar-refractivity contribution in [3.8, 4) is 0 Å². The molecule has 0 saturated heterocycles. The van der Waals surface area contributed by atoms with Crippen molar-refractivity contribution in [3.05, 3.63) is 77.1 Å². The molecule has 0 aliphatic heterocycles. The highest BCUT2D eigenvalue weighted by Gasteiger charge is 2.05. The molecular formula is C19H19FN2O2. The molecule has 2 amide bonds. The van der Waals surface area contributed by atoms with E-state index >= 15 is 0 Å². The molecule has 0 atom stereocenters. The van der Waals surface area contributed by atoms with Crippen LogP contribution in [0.15, 0.2) is 54.6 Å². The zero-order chi connectivity index (χ0) is 17.5. The van der Waals surface area contributed by atoms with Gasteiger partial charge in [-0.3, -0.25) is 9.59 Å². The molecule has 0 aliphatic carbocycles. The van der Waals surface area contributed by atoms with Crippen molar-refractivity contribution in [1.29, 1.82) is 0 Å². The average Bonchev–Trinajstić information content (AvgIpc) is 2.60. The van der Waals surface area contributed by atoms with Crippen LogP contribution in [0.2, 0.25) is 0 Å². The summed E-state index contributed by atoms with van der Waals surface area (Å²) in [5.41, 5.74) is 2.90. The third kappa shape index (κ3) is 4.78. The molecule has 124 valence electrons. The number of amides is 2. The molecule has 0 aromatic heterocycles. The Bertz CT molecular complexity index is 767. The average molecular weight is 326 g/mol. The van der Waals surface area contributed by atoms with Crippen LogP contribution in [0.1, 0.15) is 28.4 Å². The molecule has 0 aliphatic rings. The second-order valence-corrected chi connectivity index (χ2v) is 5.33. The van der Waals surface area contributed by atoms with E-state index in [1.165, 1.54) is 18.2 Å². The normalized spacial score (nSPS) is 11.0. The van der Waals surface area contributed by atoms with Crippen LogP contribution >= 0.6 is 0 Å². The second kappa shape index (κ2) is 8.06. The summed E-state index contributed by atoms with van der Waals surface area (Å²) in [6, 6.07) is 13.0. The number of halogens is 1. The highest BCUT2D eigenvalue weighted by Crippen LogP contribution is 2.14. The van der Waals surface area contributed by atoms with Crippen molar-refractivity contribution in [3.63, 3.8) is 0 Å². The minimum Gasteiger partial charge on any atom is -0.355 e. The summed E-state index contributed by atoms with van der Waals surface area (Å²) in [5, 5.41) is 5.33. The Balaban J connectivity index is 1.99. The highest BCUT2D eigenvalue weighted by molar-refractivity contribution is 5.95. The Morgan fingerprint density at radius 2 is 1.79 bits per heavy atom. The Hall–Kier alpha value is -2.95. The molecule has 0 bridgehead atoms. The zero-order valence-corrected chi connectivity index (χ0v) is 13.6. The maximum Gasteiger partial charge on any atom is 0.251 e. The van der Waals surface area contributed by atoms with Crippen molar-refractivity contribution in [2.24, 2.45) is 0 Å². The van der Waals surface area contributed by atoms with Gasteiger partial charge < -0.3 is 10.6 Å². The largest absolute Gasteiger partial charge is 0.355 e. The summed E-state index contributed by atoms with van der Waals surface area (Å²) in [4.78, 5) is 23.6. The SMILES string of the molecule is CNC(=O)c1cccc(CNC(=O)/C=C(/C)c2ccc(F)cc2)c1. The number of hydrogen-bond acceptors (Lipinski definition) is 2. The molecule has 0 fully saturated rings. The monoisotopic (exact) mass is 326 g/mol. The van der Waals surface area contributed by atoms with E-state index in [-0.39, 0.29) is 17.6 Å². The molecule has 0 heterocycles. The van der Waals surface area contributed by atoms with Crippen LogP contribution in [0.5, 0.6) is 0 Å². The Labute approximate surface area is 140 Å². The van der Waals surface area contributed by atoms with Crippen LogP contribution in [0.3, 0.4) is 0 Å². The molecule has 0 spiro atoms. The van der Waals surface area contributed by atoms with Crippen molar-refractivity contribution >= 4 is 17.4 Å². The lowest BCUT2D eigenvalue weighted by atomic mass is 10.1. The van der Waals surface area contributed by atoms with Gasteiger partial charge in [0.2, 0.25) is 5.91 Å². The topological polar surface area (TPSA) is 58.2 Å². The minimum atomic E-state index is -0.313. The first-order valence-corrected chi connectivity index (χ1v) is 7.52. The maximum absolute atomic E-state index is 12.9. The number of benzene rings is 2. The predicted octanol–water partition coefficient (Wildman–Crippen LogP) is 2.91. The van der Waals surface area contributed by atoms with E-state index < -0.39 is 0 Å². The van der Waals surface area contributed by atoms with E-state index in [4.69, 9.17) is 0 Å². The lowest BCUT2D eigenvalue weighted by Gasteiger charge is -2.06. The van der Waals surface area contributed by atoms with Crippen LogP contribution in [-0.2, 0) is 11.3 Å². The predicted molar refractivity (Wildman–Crippen MR) is 91.7 cm³/mol. The van der Waals surface area contributed by atoms with Gasteiger partial charge in [-0.15, -0.1) is 0 Å². The van der Waals surface area contributed by atoms with Crippen LogP contribution in [0.25, 0.3) is 5.57 Å². The number of rotatable bonds is 5. The molecule has 2 N–H and O–H groups in total. The Morgan fingerprint density at radius 3 is 2.46 bits per heavy atom. The lowest BCUT2D eigenvalue weighted by Crippen LogP contribution is -2.21. The van der Waals surface area contributed by atoms with Gasteiger partial charge >= 0.3 is 0 Å². The molecule has 2 aromatic carbocycles. The van der Waals surface area contributed by atoms with Gasteiger partial charge in [0.1, 0.15) is 5.82 Å². The molecule has 4 nitrogen and oxygen atoms in total. The molecule has 0 radical (unpaired) electrons. The maximum atomic E-state index is 12.9. The van der Waals surface area contributed by atoms with E-state index in [0.717, 1.165) is 16.7 Å². The smallest absolute Gasteiger partial charge is 0.251 e. The lowest BCUT2D eigenvalue weighted by molar-refractivity contribution is -0.116. The first-order chi connectivity index (χ1) is 11.5. The molecule has 24 heavy (non-hydrogen) atoms. The van der Waals surface area contributed by atoms with Crippen LogP contribution < -0.4 is 10.6 Å². The summed E-state index contributed by atoms with van der Waals surface area (Å²) in [7, 11) is 1.57. The number of nitrogens with one attached hydrogen (secondary N) is 2. The van der Waals surface area contributed by atoms with Gasteiger partial charge in [-0.25, -0.2) is 4.39 Å². The van der Waals surface area contributed by atoms with Crippen molar-refractivity contribution in [2.45, 2.75) is 13.5 Å². The van der Waals surface area contributed by atoms with Gasteiger partial charge in [0, 0.05) is 25.2 Å². The van der Waals surface area contributed by atoms with Crippen molar-refractivity contribution < 1.29 is 14.0 Å². The number of hydrogen-bond donors (Lipinski definition) is 2. The number of allylic oxidation sites excluding steroid dienone is 1. The molecule has 5 heteroatoms. The standard InChI is InChI=1S/C19H19FN2O2/c1-13(15-6-8-17(20)9-7-15)10-18(23)22-12-14-4-3-5-16(11-14)19(24)21-2/h3-11H,12H2,1-2H3,(H,21,24)(H,22,23)/b13-10-. The first kappa shape index (κ1) is 17.4. The van der Waals surface area contributed by atoms with Crippen molar-refractivity contribution in [1.82, 2.24) is 10.6 Å². The van der Waals surface area contributed by atoms with E-state index in [2.05, 4.69) is 10.6 Å². The summed E-state index contributed by atoms with van der Waals surface area (Å²) >= 11 is 0. The fraction of sp³-hybridized carbons (Fsp3) is 0.158. The second-order valence-electron chi connectivity index (χ2n) is 5.33. The van der Waals surface area contributed by atoms with E-state index in [0.29, 0.717) is 12.1 Å². The molecule has 0 saturated carbocycles. The van der Waals surface area contributed by atoms with Crippen LogP contribution in [-0.4, -0.2) is 18.9 Å². The van der Waals surface area contributed by atoms with E-state index in [9.17, 15) is 14.0 Å². The highest BCUT2D eigenvalue weighted by atomic mass is 19.1. The molecule has 2 rings (SSSR count).